The highest BCUT2D eigenvalue weighted by Gasteiger charge is 2.33. The lowest BCUT2D eigenvalue weighted by Crippen LogP contribution is -2.22. The van der Waals surface area contributed by atoms with E-state index in [-0.39, 0.29) is 0 Å². The molecule has 1 rings (SSSR count). The lowest BCUT2D eigenvalue weighted by atomic mass is 10.1. The molecule has 0 aliphatic carbocycles. The molecule has 1 aromatic heterocycles. The SMILES string of the molecule is N#CCc1c(C(F)F)cc(=O)[nH]c1OC(F)(F)F. The summed E-state index contributed by atoms with van der Waals surface area (Å²) in [6, 6.07) is 1.85. The van der Waals surface area contributed by atoms with Crippen LogP contribution in [-0.2, 0) is 6.42 Å². The first-order chi connectivity index (χ1) is 8.24. The van der Waals surface area contributed by atoms with Gasteiger partial charge >= 0.3 is 6.36 Å². The van der Waals surface area contributed by atoms with Gasteiger partial charge in [-0.1, -0.05) is 0 Å². The maximum Gasteiger partial charge on any atom is 0.574 e. The minimum Gasteiger partial charge on any atom is -0.389 e. The van der Waals surface area contributed by atoms with Crippen LogP contribution >= 0.6 is 0 Å². The van der Waals surface area contributed by atoms with Crippen molar-refractivity contribution >= 4 is 0 Å². The molecule has 0 saturated heterocycles. The summed E-state index contributed by atoms with van der Waals surface area (Å²) in [7, 11) is 0. The highest BCUT2D eigenvalue weighted by molar-refractivity contribution is 5.37. The van der Waals surface area contributed by atoms with E-state index in [1.165, 1.54) is 6.07 Å². The molecule has 1 N–H and O–H groups in total. The van der Waals surface area contributed by atoms with Crippen molar-refractivity contribution in [2.24, 2.45) is 0 Å². The Morgan fingerprint density at radius 2 is 2.06 bits per heavy atom. The van der Waals surface area contributed by atoms with Crippen LogP contribution in [0.2, 0.25) is 0 Å². The van der Waals surface area contributed by atoms with Gasteiger partial charge in [-0.3, -0.25) is 9.78 Å². The summed E-state index contributed by atoms with van der Waals surface area (Å²) in [5.74, 6) is -1.19. The van der Waals surface area contributed by atoms with Crippen molar-refractivity contribution in [2.45, 2.75) is 19.2 Å². The van der Waals surface area contributed by atoms with Gasteiger partial charge in [-0.2, -0.15) is 5.26 Å². The van der Waals surface area contributed by atoms with Gasteiger partial charge in [0.05, 0.1) is 12.5 Å². The van der Waals surface area contributed by atoms with E-state index in [0.29, 0.717) is 6.07 Å². The maximum atomic E-state index is 12.5. The predicted molar refractivity (Wildman–Crippen MR) is 48.0 cm³/mol. The van der Waals surface area contributed by atoms with Crippen LogP contribution in [0.3, 0.4) is 0 Å². The number of alkyl halides is 5. The third kappa shape index (κ3) is 3.44. The first-order valence-corrected chi connectivity index (χ1v) is 4.41. The molecule has 9 heteroatoms. The van der Waals surface area contributed by atoms with E-state index in [4.69, 9.17) is 5.26 Å². The molecule has 0 aromatic carbocycles. The summed E-state index contributed by atoms with van der Waals surface area (Å²) < 4.78 is 64.5. The molecule has 1 aromatic rings. The van der Waals surface area contributed by atoms with Crippen LogP contribution < -0.4 is 10.3 Å². The number of pyridine rings is 1. The Morgan fingerprint density at radius 1 is 1.44 bits per heavy atom. The summed E-state index contributed by atoms with van der Waals surface area (Å²) in [5, 5.41) is 8.39. The van der Waals surface area contributed by atoms with Crippen LogP contribution in [0.4, 0.5) is 22.0 Å². The first kappa shape index (κ1) is 14.0. The van der Waals surface area contributed by atoms with Crippen LogP contribution in [-0.4, -0.2) is 11.3 Å². The smallest absolute Gasteiger partial charge is 0.389 e. The lowest BCUT2D eigenvalue weighted by Gasteiger charge is -2.13. The number of hydrogen-bond acceptors (Lipinski definition) is 3. The van der Waals surface area contributed by atoms with E-state index in [0.717, 1.165) is 0 Å². The van der Waals surface area contributed by atoms with Gasteiger partial charge in [0.15, 0.2) is 0 Å². The van der Waals surface area contributed by atoms with Crippen LogP contribution in [0.15, 0.2) is 10.9 Å². The maximum absolute atomic E-state index is 12.5. The molecular formula is C9H5F5N2O2. The highest BCUT2D eigenvalue weighted by atomic mass is 19.4. The third-order valence-corrected chi connectivity index (χ3v) is 1.85. The molecule has 4 nitrogen and oxygen atoms in total. The molecule has 0 atom stereocenters. The number of hydrogen-bond donors (Lipinski definition) is 1. The number of ether oxygens (including phenoxy) is 1. The number of rotatable bonds is 3. The molecule has 0 spiro atoms. The summed E-state index contributed by atoms with van der Waals surface area (Å²) >= 11 is 0. The summed E-state index contributed by atoms with van der Waals surface area (Å²) in [6.45, 7) is 0. The Hall–Kier alpha value is -2.11. The van der Waals surface area contributed by atoms with Crippen molar-refractivity contribution in [3.8, 4) is 11.9 Å². The first-order valence-electron chi connectivity index (χ1n) is 4.41. The second-order valence-electron chi connectivity index (χ2n) is 3.08. The number of aromatic nitrogens is 1. The van der Waals surface area contributed by atoms with Crippen molar-refractivity contribution in [2.75, 3.05) is 0 Å². The van der Waals surface area contributed by atoms with Gasteiger partial charge in [0.1, 0.15) is 0 Å². The number of nitriles is 1. The molecule has 1 heterocycles. The molecule has 0 aliphatic heterocycles. The van der Waals surface area contributed by atoms with Gasteiger partial charge < -0.3 is 4.74 Å². The zero-order valence-corrected chi connectivity index (χ0v) is 8.52. The van der Waals surface area contributed by atoms with Gasteiger partial charge in [0.25, 0.3) is 12.0 Å². The van der Waals surface area contributed by atoms with Crippen LogP contribution in [0, 0.1) is 11.3 Å². The van der Waals surface area contributed by atoms with Crippen molar-refractivity contribution < 1.29 is 26.7 Å². The van der Waals surface area contributed by atoms with Crippen molar-refractivity contribution in [1.29, 1.82) is 5.26 Å². The number of nitrogens with zero attached hydrogens (tertiary/aromatic N) is 1. The van der Waals surface area contributed by atoms with Crippen molar-refractivity contribution in [3.63, 3.8) is 0 Å². The largest absolute Gasteiger partial charge is 0.574 e. The molecule has 0 radical (unpaired) electrons. The molecule has 0 bridgehead atoms. The molecule has 98 valence electrons. The fourth-order valence-electron chi connectivity index (χ4n) is 1.24. The average Bonchev–Trinajstić information content (AvgIpc) is 2.19. The summed E-state index contributed by atoms with van der Waals surface area (Å²) in [6.07, 6.45) is -9.10. The summed E-state index contributed by atoms with van der Waals surface area (Å²) in [4.78, 5) is 12.6. The average molecular weight is 268 g/mol. The normalized spacial score (nSPS) is 11.4. The molecule has 0 saturated carbocycles. The molecule has 0 fully saturated rings. The Labute approximate surface area is 96.6 Å². The topological polar surface area (TPSA) is 65.9 Å². The fraction of sp³-hybridized carbons (Fsp3) is 0.333. The molecular weight excluding hydrogens is 263 g/mol. The second-order valence-corrected chi connectivity index (χ2v) is 3.08. The Kier molecular flexibility index (Phi) is 3.90. The van der Waals surface area contributed by atoms with E-state index in [9.17, 15) is 26.7 Å². The van der Waals surface area contributed by atoms with E-state index in [2.05, 4.69) is 4.74 Å². The monoisotopic (exact) mass is 268 g/mol. The van der Waals surface area contributed by atoms with Crippen molar-refractivity contribution in [1.82, 2.24) is 4.98 Å². The molecule has 18 heavy (non-hydrogen) atoms. The highest BCUT2D eigenvalue weighted by Crippen LogP contribution is 2.30. The minimum absolute atomic E-state index is 0.431. The number of nitrogens with one attached hydrogen (secondary N) is 1. The number of H-pyrrole nitrogens is 1. The van der Waals surface area contributed by atoms with Crippen LogP contribution in [0.5, 0.6) is 5.88 Å². The lowest BCUT2D eigenvalue weighted by molar-refractivity contribution is -0.276. The standard InChI is InChI=1S/C9H5F5N2O2/c10-7(11)5-3-6(17)16-8(4(5)1-2-15)18-9(12,13)14/h3,7H,1H2,(H,16,17). The van der Waals surface area contributed by atoms with Gasteiger partial charge in [0, 0.05) is 17.2 Å². The fourth-order valence-corrected chi connectivity index (χ4v) is 1.24. The second kappa shape index (κ2) is 5.03. The molecule has 0 unspecified atom stereocenters. The quantitative estimate of drug-likeness (QED) is 0.855. The van der Waals surface area contributed by atoms with Crippen LogP contribution in [0.1, 0.15) is 17.6 Å². The van der Waals surface area contributed by atoms with E-state index >= 15 is 0 Å². The number of aromatic amines is 1. The Balaban J connectivity index is 3.39. The van der Waals surface area contributed by atoms with Crippen LogP contribution in [0.25, 0.3) is 0 Å². The molecule has 0 amide bonds. The van der Waals surface area contributed by atoms with E-state index in [1.54, 1.807) is 4.98 Å². The Morgan fingerprint density at radius 3 is 2.50 bits per heavy atom. The van der Waals surface area contributed by atoms with E-state index in [1.807, 2.05) is 0 Å². The zero-order valence-electron chi connectivity index (χ0n) is 8.52. The molecule has 0 aliphatic rings. The zero-order chi connectivity index (χ0) is 13.9. The van der Waals surface area contributed by atoms with Crippen molar-refractivity contribution in [3.05, 3.63) is 27.5 Å². The van der Waals surface area contributed by atoms with Gasteiger partial charge in [0.2, 0.25) is 5.88 Å². The van der Waals surface area contributed by atoms with Gasteiger partial charge in [-0.05, 0) is 0 Å². The minimum atomic E-state index is -5.16. The Bertz CT molecular complexity index is 529. The third-order valence-electron chi connectivity index (χ3n) is 1.85. The van der Waals surface area contributed by atoms with E-state index < -0.39 is 41.8 Å². The summed E-state index contributed by atoms with van der Waals surface area (Å²) in [5.41, 5.74) is -2.82. The predicted octanol–water partition coefficient (Wildman–Crippen LogP) is 2.28. The van der Waals surface area contributed by atoms with Gasteiger partial charge in [-0.15, -0.1) is 13.2 Å². The van der Waals surface area contributed by atoms with Gasteiger partial charge in [-0.25, -0.2) is 8.78 Å². The number of halogens is 5.